The zero-order valence-electron chi connectivity index (χ0n) is 11.3. The summed E-state index contributed by atoms with van der Waals surface area (Å²) in [6.07, 6.45) is 1.68. The molecule has 2 rings (SSSR count). The molecule has 1 aromatic carbocycles. The maximum atomic E-state index is 11.2. The molecule has 1 aliphatic rings. The molecule has 0 aliphatic carbocycles. The Hall–Kier alpha value is -1.51. The number of benzene rings is 1. The van der Waals surface area contributed by atoms with E-state index in [1.807, 2.05) is 6.07 Å². The number of aliphatic carboxylic acids is 1. The van der Waals surface area contributed by atoms with Gasteiger partial charge in [-0.05, 0) is 51.3 Å². The molecule has 0 saturated carbocycles. The fraction of sp³-hybridized carbons (Fsp3) is 0.533. The van der Waals surface area contributed by atoms with E-state index in [-0.39, 0.29) is 11.5 Å². The van der Waals surface area contributed by atoms with Crippen molar-refractivity contribution in [3.63, 3.8) is 0 Å². The number of hydrogen-bond donors (Lipinski definition) is 1. The standard InChI is InChI=1S/C15H21NO2/c1-11-5-4-6-13(9-11)16-10-12(14(17)18)7-8-15(16,2)3/h4-6,9,12H,7-8,10H2,1-3H3,(H,17,18). The Morgan fingerprint density at radius 3 is 2.78 bits per heavy atom. The second kappa shape index (κ2) is 4.63. The van der Waals surface area contributed by atoms with Gasteiger partial charge in [0.05, 0.1) is 5.92 Å². The van der Waals surface area contributed by atoms with Crippen molar-refractivity contribution in [2.75, 3.05) is 11.4 Å². The zero-order valence-corrected chi connectivity index (χ0v) is 11.3. The van der Waals surface area contributed by atoms with Gasteiger partial charge in [0.1, 0.15) is 0 Å². The molecule has 18 heavy (non-hydrogen) atoms. The van der Waals surface area contributed by atoms with E-state index in [9.17, 15) is 9.90 Å². The third-order valence-electron chi connectivity index (χ3n) is 3.90. The van der Waals surface area contributed by atoms with Gasteiger partial charge in [-0.3, -0.25) is 4.79 Å². The maximum absolute atomic E-state index is 11.2. The quantitative estimate of drug-likeness (QED) is 0.873. The summed E-state index contributed by atoms with van der Waals surface area (Å²) in [5, 5.41) is 9.20. The summed E-state index contributed by atoms with van der Waals surface area (Å²) in [6.45, 7) is 7.04. The van der Waals surface area contributed by atoms with Crippen LogP contribution in [0.3, 0.4) is 0 Å². The van der Waals surface area contributed by atoms with Gasteiger partial charge in [-0.1, -0.05) is 12.1 Å². The largest absolute Gasteiger partial charge is 0.481 e. The van der Waals surface area contributed by atoms with Crippen molar-refractivity contribution in [1.29, 1.82) is 0 Å². The van der Waals surface area contributed by atoms with Crippen LogP contribution in [0.2, 0.25) is 0 Å². The van der Waals surface area contributed by atoms with E-state index in [4.69, 9.17) is 0 Å². The molecule has 0 spiro atoms. The van der Waals surface area contributed by atoms with Crippen molar-refractivity contribution in [3.05, 3.63) is 29.8 Å². The Morgan fingerprint density at radius 2 is 2.17 bits per heavy atom. The minimum Gasteiger partial charge on any atom is -0.481 e. The van der Waals surface area contributed by atoms with E-state index in [1.165, 1.54) is 5.56 Å². The first-order valence-electron chi connectivity index (χ1n) is 6.47. The van der Waals surface area contributed by atoms with Crippen LogP contribution in [0.4, 0.5) is 5.69 Å². The summed E-state index contributed by atoms with van der Waals surface area (Å²) in [7, 11) is 0. The highest BCUT2D eigenvalue weighted by molar-refractivity contribution is 5.71. The molecular formula is C15H21NO2. The third-order valence-corrected chi connectivity index (χ3v) is 3.90. The topological polar surface area (TPSA) is 40.5 Å². The van der Waals surface area contributed by atoms with Gasteiger partial charge in [0.25, 0.3) is 0 Å². The summed E-state index contributed by atoms with van der Waals surface area (Å²) in [6, 6.07) is 8.30. The lowest BCUT2D eigenvalue weighted by Crippen LogP contribution is -2.52. The number of carboxylic acid groups (broad SMARTS) is 1. The zero-order chi connectivity index (χ0) is 13.3. The van der Waals surface area contributed by atoms with Gasteiger partial charge in [0.2, 0.25) is 0 Å². The molecule has 0 amide bonds. The Bertz CT molecular complexity index is 454. The van der Waals surface area contributed by atoms with Crippen LogP contribution in [0.25, 0.3) is 0 Å². The van der Waals surface area contributed by atoms with Gasteiger partial charge >= 0.3 is 5.97 Å². The molecule has 3 heteroatoms. The molecule has 1 atom stereocenters. The monoisotopic (exact) mass is 247 g/mol. The Morgan fingerprint density at radius 1 is 1.44 bits per heavy atom. The van der Waals surface area contributed by atoms with Gasteiger partial charge < -0.3 is 10.0 Å². The third kappa shape index (κ3) is 2.50. The van der Waals surface area contributed by atoms with Gasteiger partial charge in [-0.2, -0.15) is 0 Å². The summed E-state index contributed by atoms with van der Waals surface area (Å²) in [5.41, 5.74) is 2.37. The number of rotatable bonds is 2. The van der Waals surface area contributed by atoms with E-state index in [2.05, 4.69) is 43.9 Å². The molecule has 3 nitrogen and oxygen atoms in total. The second-order valence-corrected chi connectivity index (χ2v) is 5.84. The van der Waals surface area contributed by atoms with E-state index in [1.54, 1.807) is 0 Å². The van der Waals surface area contributed by atoms with E-state index in [0.29, 0.717) is 6.54 Å². The van der Waals surface area contributed by atoms with Crippen LogP contribution in [-0.2, 0) is 4.79 Å². The first kappa shape index (κ1) is 12.9. The van der Waals surface area contributed by atoms with Gasteiger partial charge in [-0.15, -0.1) is 0 Å². The smallest absolute Gasteiger partial charge is 0.308 e. The summed E-state index contributed by atoms with van der Waals surface area (Å²) < 4.78 is 0. The van der Waals surface area contributed by atoms with Crippen LogP contribution >= 0.6 is 0 Å². The van der Waals surface area contributed by atoms with Crippen LogP contribution in [0.15, 0.2) is 24.3 Å². The van der Waals surface area contributed by atoms with E-state index < -0.39 is 5.97 Å². The second-order valence-electron chi connectivity index (χ2n) is 5.84. The first-order chi connectivity index (χ1) is 8.40. The molecule has 1 saturated heterocycles. The normalized spacial score (nSPS) is 22.8. The minimum atomic E-state index is -0.678. The Kier molecular flexibility index (Phi) is 3.33. The molecule has 0 aromatic heterocycles. The SMILES string of the molecule is Cc1cccc(N2CC(C(=O)O)CCC2(C)C)c1. The lowest BCUT2D eigenvalue weighted by Gasteiger charge is -2.46. The van der Waals surface area contributed by atoms with Crippen molar-refractivity contribution in [2.24, 2.45) is 5.92 Å². The van der Waals surface area contributed by atoms with Crippen molar-refractivity contribution >= 4 is 11.7 Å². The van der Waals surface area contributed by atoms with E-state index in [0.717, 1.165) is 18.5 Å². The molecule has 1 aromatic rings. The van der Waals surface area contributed by atoms with Crippen molar-refractivity contribution < 1.29 is 9.90 Å². The molecule has 1 unspecified atom stereocenters. The summed E-state index contributed by atoms with van der Waals surface area (Å²) >= 11 is 0. The minimum absolute atomic E-state index is 0.0275. The van der Waals surface area contributed by atoms with E-state index >= 15 is 0 Å². The Balaban J connectivity index is 2.30. The van der Waals surface area contributed by atoms with Crippen LogP contribution < -0.4 is 4.90 Å². The molecular weight excluding hydrogens is 226 g/mol. The van der Waals surface area contributed by atoms with Crippen LogP contribution in [0.1, 0.15) is 32.3 Å². The van der Waals surface area contributed by atoms with Crippen LogP contribution in [0.5, 0.6) is 0 Å². The average molecular weight is 247 g/mol. The van der Waals surface area contributed by atoms with Gasteiger partial charge in [0.15, 0.2) is 0 Å². The number of carbonyl (C=O) groups is 1. The molecule has 0 bridgehead atoms. The molecule has 1 N–H and O–H groups in total. The summed E-state index contributed by atoms with van der Waals surface area (Å²) in [4.78, 5) is 13.4. The fourth-order valence-corrected chi connectivity index (χ4v) is 2.67. The van der Waals surface area contributed by atoms with Crippen molar-refractivity contribution in [3.8, 4) is 0 Å². The molecule has 0 radical (unpaired) electrons. The highest BCUT2D eigenvalue weighted by Crippen LogP contribution is 2.35. The number of aryl methyl sites for hydroxylation is 1. The highest BCUT2D eigenvalue weighted by Gasteiger charge is 2.36. The number of hydrogen-bond acceptors (Lipinski definition) is 2. The van der Waals surface area contributed by atoms with Gasteiger partial charge in [-0.25, -0.2) is 0 Å². The number of anilines is 1. The van der Waals surface area contributed by atoms with Crippen molar-refractivity contribution in [1.82, 2.24) is 0 Å². The molecule has 1 fully saturated rings. The molecule has 1 aliphatic heterocycles. The number of nitrogens with zero attached hydrogens (tertiary/aromatic N) is 1. The number of piperidine rings is 1. The maximum Gasteiger partial charge on any atom is 0.308 e. The average Bonchev–Trinajstić information content (AvgIpc) is 2.28. The van der Waals surface area contributed by atoms with Gasteiger partial charge in [0, 0.05) is 17.8 Å². The first-order valence-corrected chi connectivity index (χ1v) is 6.47. The molecule has 98 valence electrons. The lowest BCUT2D eigenvalue weighted by atomic mass is 9.84. The van der Waals surface area contributed by atoms with Crippen LogP contribution in [-0.4, -0.2) is 23.2 Å². The number of carboxylic acids is 1. The summed E-state index contributed by atoms with van der Waals surface area (Å²) in [5.74, 6) is -0.929. The molecule has 1 heterocycles. The van der Waals surface area contributed by atoms with Crippen LogP contribution in [0, 0.1) is 12.8 Å². The fourth-order valence-electron chi connectivity index (χ4n) is 2.67. The predicted molar refractivity (Wildman–Crippen MR) is 73.0 cm³/mol. The Labute approximate surface area is 108 Å². The van der Waals surface area contributed by atoms with Crippen molar-refractivity contribution in [2.45, 2.75) is 39.2 Å². The lowest BCUT2D eigenvalue weighted by molar-refractivity contribution is -0.142. The highest BCUT2D eigenvalue weighted by atomic mass is 16.4. The predicted octanol–water partition coefficient (Wildman–Crippen LogP) is 3.07.